The maximum atomic E-state index is 13.0. The second kappa shape index (κ2) is 11.3. The predicted octanol–water partition coefficient (Wildman–Crippen LogP) is 4.10. The number of nitrogens with one attached hydrogen (secondary N) is 2. The molecule has 2 N–H and O–H groups in total. The Labute approximate surface area is 222 Å². The van der Waals surface area contributed by atoms with Crippen molar-refractivity contribution in [1.29, 1.82) is 5.26 Å². The molecule has 1 aromatic heterocycles. The second-order valence-corrected chi connectivity index (χ2v) is 9.39. The van der Waals surface area contributed by atoms with E-state index in [9.17, 15) is 23.2 Å². The van der Waals surface area contributed by atoms with E-state index in [1.807, 2.05) is 6.07 Å². The average Bonchev–Trinajstić information content (AvgIpc) is 3.41. The van der Waals surface area contributed by atoms with E-state index in [-0.39, 0.29) is 11.5 Å². The van der Waals surface area contributed by atoms with Crippen molar-refractivity contribution >= 4 is 23.2 Å². The summed E-state index contributed by atoms with van der Waals surface area (Å²) < 4.78 is 45.6. The van der Waals surface area contributed by atoms with Gasteiger partial charge >= 0.3 is 12.2 Å². The molecule has 0 bridgehead atoms. The van der Waals surface area contributed by atoms with Crippen molar-refractivity contribution in [2.75, 3.05) is 54.9 Å². The number of morpholine rings is 1. The maximum absolute atomic E-state index is 13.0. The molecular formula is C26H27F3N8O2. The van der Waals surface area contributed by atoms with E-state index in [0.29, 0.717) is 17.3 Å². The summed E-state index contributed by atoms with van der Waals surface area (Å²) in [7, 11) is 0. The highest BCUT2D eigenvalue weighted by Crippen LogP contribution is 2.31. The van der Waals surface area contributed by atoms with Gasteiger partial charge in [-0.05, 0) is 49.2 Å². The lowest BCUT2D eigenvalue weighted by atomic mass is 10.0. The van der Waals surface area contributed by atoms with Crippen molar-refractivity contribution in [2.24, 2.45) is 0 Å². The summed E-state index contributed by atoms with van der Waals surface area (Å²) in [5.41, 5.74) is 1.03. The number of hydrogen-bond donors (Lipinski definition) is 2. The molecule has 2 amide bonds. The van der Waals surface area contributed by atoms with Crippen LogP contribution in [0.25, 0.3) is 5.69 Å². The third-order valence-corrected chi connectivity index (χ3v) is 6.92. The number of rotatable bonds is 5. The van der Waals surface area contributed by atoms with E-state index >= 15 is 0 Å². The van der Waals surface area contributed by atoms with E-state index in [0.717, 1.165) is 74.7 Å². The van der Waals surface area contributed by atoms with Crippen molar-refractivity contribution in [1.82, 2.24) is 19.9 Å². The van der Waals surface area contributed by atoms with Crippen molar-refractivity contribution in [2.45, 2.75) is 25.1 Å². The van der Waals surface area contributed by atoms with Crippen LogP contribution in [0.15, 0.2) is 48.7 Å². The number of ether oxygens (including phenoxy) is 1. The normalized spacial score (nSPS) is 17.0. The van der Waals surface area contributed by atoms with Crippen molar-refractivity contribution < 1.29 is 22.7 Å². The third-order valence-electron chi connectivity index (χ3n) is 6.92. The SMILES string of the molecule is N#Cc1cc(NC(=O)Nc2cn(-c3cccc(C(F)(F)F)c3)nn2)ccc1N1CCC(N2CCOCC2)CC1. The molecule has 2 aliphatic rings. The van der Waals surface area contributed by atoms with Crippen LogP contribution in [-0.2, 0) is 10.9 Å². The van der Waals surface area contributed by atoms with Gasteiger partial charge in [0, 0.05) is 37.9 Å². The molecular weight excluding hydrogens is 513 g/mol. The first-order chi connectivity index (χ1) is 18.8. The number of anilines is 3. The first-order valence-electron chi connectivity index (χ1n) is 12.6. The molecule has 3 heterocycles. The fraction of sp³-hybridized carbons (Fsp3) is 0.385. The third kappa shape index (κ3) is 6.30. The topological polar surface area (TPSA) is 111 Å². The zero-order valence-electron chi connectivity index (χ0n) is 21.0. The van der Waals surface area contributed by atoms with Crippen LogP contribution in [0.3, 0.4) is 0 Å². The highest BCUT2D eigenvalue weighted by atomic mass is 19.4. The highest BCUT2D eigenvalue weighted by molar-refractivity contribution is 5.99. The summed E-state index contributed by atoms with van der Waals surface area (Å²) >= 11 is 0. The lowest BCUT2D eigenvalue weighted by molar-refractivity contribution is -0.137. The number of alkyl halides is 3. The summed E-state index contributed by atoms with van der Waals surface area (Å²) in [6.07, 6.45) is -1.17. The number of benzene rings is 2. The molecule has 13 heteroatoms. The Kier molecular flexibility index (Phi) is 7.67. The largest absolute Gasteiger partial charge is 0.416 e. The summed E-state index contributed by atoms with van der Waals surface area (Å²) in [5, 5.41) is 22.5. The first-order valence-corrected chi connectivity index (χ1v) is 12.6. The number of hydrogen-bond acceptors (Lipinski definition) is 7. The van der Waals surface area contributed by atoms with E-state index in [1.54, 1.807) is 12.1 Å². The summed E-state index contributed by atoms with van der Waals surface area (Å²) in [6.45, 7) is 5.14. The van der Waals surface area contributed by atoms with Crippen LogP contribution in [0.2, 0.25) is 0 Å². The molecule has 2 saturated heterocycles. The molecule has 10 nitrogen and oxygen atoms in total. The zero-order chi connectivity index (χ0) is 27.4. The molecule has 0 spiro atoms. The molecule has 2 fully saturated rings. The van der Waals surface area contributed by atoms with E-state index < -0.39 is 17.8 Å². The zero-order valence-corrected chi connectivity index (χ0v) is 21.0. The fourth-order valence-corrected chi connectivity index (χ4v) is 4.94. The minimum atomic E-state index is -4.49. The van der Waals surface area contributed by atoms with Gasteiger partial charge in [-0.25, -0.2) is 9.48 Å². The lowest BCUT2D eigenvalue weighted by Gasteiger charge is -2.41. The number of urea groups is 1. The van der Waals surface area contributed by atoms with Crippen LogP contribution < -0.4 is 15.5 Å². The van der Waals surface area contributed by atoms with Gasteiger partial charge in [0.2, 0.25) is 0 Å². The van der Waals surface area contributed by atoms with E-state index in [4.69, 9.17) is 4.74 Å². The summed E-state index contributed by atoms with van der Waals surface area (Å²) in [5.74, 6) is 0.0465. The van der Waals surface area contributed by atoms with Crippen LogP contribution in [0.4, 0.5) is 35.2 Å². The number of nitriles is 1. The fourth-order valence-electron chi connectivity index (χ4n) is 4.94. The Balaban J connectivity index is 1.19. The quantitative estimate of drug-likeness (QED) is 0.501. The van der Waals surface area contributed by atoms with Gasteiger partial charge in [0.25, 0.3) is 0 Å². The molecule has 0 unspecified atom stereocenters. The summed E-state index contributed by atoms with van der Waals surface area (Å²) in [6, 6.07) is 11.9. The minimum absolute atomic E-state index is 0.0465. The predicted molar refractivity (Wildman–Crippen MR) is 138 cm³/mol. The van der Waals surface area contributed by atoms with Crippen molar-refractivity contribution in [3.05, 3.63) is 59.8 Å². The van der Waals surface area contributed by atoms with Crippen LogP contribution >= 0.6 is 0 Å². The molecule has 0 aliphatic carbocycles. The molecule has 3 aromatic rings. The van der Waals surface area contributed by atoms with Crippen LogP contribution in [-0.4, -0.2) is 71.4 Å². The van der Waals surface area contributed by atoms with Gasteiger partial charge < -0.3 is 15.0 Å². The molecule has 204 valence electrons. The Morgan fingerprint density at radius 3 is 2.54 bits per heavy atom. The number of carbonyl (C=O) groups excluding carboxylic acids is 1. The smallest absolute Gasteiger partial charge is 0.379 e. The average molecular weight is 541 g/mol. The van der Waals surface area contributed by atoms with Gasteiger partial charge in [-0.2, -0.15) is 18.4 Å². The number of amides is 2. The van der Waals surface area contributed by atoms with Gasteiger partial charge in [-0.1, -0.05) is 11.3 Å². The Morgan fingerprint density at radius 1 is 1.05 bits per heavy atom. The second-order valence-electron chi connectivity index (χ2n) is 9.39. The standard InChI is InChI=1S/C26H27F3N8O2/c27-26(28,29)19-2-1-3-22(15-19)37-17-24(33-34-37)32-25(38)31-20-4-5-23(18(14-20)16-30)36-8-6-21(7-9-36)35-10-12-39-13-11-35/h1-5,14-15,17,21H,6-13H2,(H2,31,32,38). The maximum Gasteiger partial charge on any atom is 0.416 e. The summed E-state index contributed by atoms with van der Waals surface area (Å²) in [4.78, 5) is 17.2. The molecule has 2 aliphatic heterocycles. The van der Waals surface area contributed by atoms with Crippen molar-refractivity contribution in [3.63, 3.8) is 0 Å². The van der Waals surface area contributed by atoms with Crippen LogP contribution in [0.1, 0.15) is 24.0 Å². The number of aromatic nitrogens is 3. The Morgan fingerprint density at radius 2 is 1.82 bits per heavy atom. The first kappa shape index (κ1) is 26.5. The van der Waals surface area contributed by atoms with Crippen molar-refractivity contribution in [3.8, 4) is 11.8 Å². The Bertz CT molecular complexity index is 1360. The molecule has 0 radical (unpaired) electrons. The highest BCUT2D eigenvalue weighted by Gasteiger charge is 2.31. The van der Waals surface area contributed by atoms with Crippen LogP contribution in [0.5, 0.6) is 0 Å². The number of carbonyl (C=O) groups is 1. The molecule has 0 saturated carbocycles. The van der Waals surface area contributed by atoms with Crippen LogP contribution in [0, 0.1) is 11.3 Å². The monoisotopic (exact) mass is 540 g/mol. The van der Waals surface area contributed by atoms with E-state index in [1.165, 1.54) is 18.3 Å². The minimum Gasteiger partial charge on any atom is -0.379 e. The number of piperidine rings is 1. The van der Waals surface area contributed by atoms with E-state index in [2.05, 4.69) is 36.8 Å². The number of halogens is 3. The molecule has 2 aromatic carbocycles. The molecule has 39 heavy (non-hydrogen) atoms. The van der Waals surface area contributed by atoms with Gasteiger partial charge in [-0.15, -0.1) is 5.10 Å². The van der Waals surface area contributed by atoms with Gasteiger partial charge in [0.05, 0.1) is 41.9 Å². The van der Waals surface area contributed by atoms with Gasteiger partial charge in [0.1, 0.15) is 6.07 Å². The number of nitrogens with zero attached hydrogens (tertiary/aromatic N) is 6. The molecule has 0 atom stereocenters. The van der Waals surface area contributed by atoms with Gasteiger partial charge in [-0.3, -0.25) is 10.2 Å². The van der Waals surface area contributed by atoms with Gasteiger partial charge in [0.15, 0.2) is 5.82 Å². The Hall–Kier alpha value is -4.15. The molecule has 5 rings (SSSR count). The lowest BCUT2D eigenvalue weighted by Crippen LogP contribution is -2.49.